The lowest BCUT2D eigenvalue weighted by atomic mass is 10.4. The molecule has 0 aromatic carbocycles. The van der Waals surface area contributed by atoms with E-state index in [0.29, 0.717) is 0 Å². The first-order chi connectivity index (χ1) is 5.00. The van der Waals surface area contributed by atoms with Crippen molar-refractivity contribution in [1.29, 1.82) is 0 Å². The zero-order valence-corrected chi connectivity index (χ0v) is 7.90. The molecule has 0 unspecified atom stereocenters. The largest absolute Gasteiger partial charge is 0.421 e. The van der Waals surface area contributed by atoms with Gasteiger partial charge in [-0.05, 0) is 16.5 Å². The van der Waals surface area contributed by atoms with E-state index >= 15 is 0 Å². The highest BCUT2D eigenvalue weighted by Gasteiger charge is 2.32. The molecule has 0 N–H and O–H groups in total. The second-order valence-electron chi connectivity index (χ2n) is 2.05. The third-order valence-corrected chi connectivity index (χ3v) is 3.85. The quantitative estimate of drug-likeness (QED) is 0.595. The molecule has 0 aromatic heterocycles. The summed E-state index contributed by atoms with van der Waals surface area (Å²) in [7, 11) is 0. The lowest BCUT2D eigenvalue weighted by molar-refractivity contribution is -0.0817. The van der Waals surface area contributed by atoms with E-state index in [1.54, 1.807) is 13.0 Å². The third kappa shape index (κ3) is 2.43. The minimum absolute atomic E-state index is 0.351. The number of allylic oxidation sites excluding steroid dienone is 4. The maximum atomic E-state index is 12.0. The van der Waals surface area contributed by atoms with Gasteiger partial charge in [0.1, 0.15) is 0 Å². The van der Waals surface area contributed by atoms with Crippen LogP contribution in [-0.4, -0.2) is 9.69 Å². The number of halogens is 4. The third-order valence-electron chi connectivity index (χ3n) is 1.09. The van der Waals surface area contributed by atoms with Gasteiger partial charge in [-0.2, -0.15) is 13.2 Å². The van der Waals surface area contributed by atoms with Gasteiger partial charge in [0.15, 0.2) is 0 Å². The van der Waals surface area contributed by atoms with Crippen LogP contribution >= 0.6 is 20.7 Å². The summed E-state index contributed by atoms with van der Waals surface area (Å²) in [6, 6.07) is 0. The average Bonchev–Trinajstić information content (AvgIpc) is 1.86. The molecule has 0 amide bonds. The highest BCUT2D eigenvalue weighted by atomic mass is 127. The summed E-state index contributed by atoms with van der Waals surface area (Å²) >= 11 is -0.938. The molecule has 0 atom stereocenters. The van der Waals surface area contributed by atoms with Crippen molar-refractivity contribution in [3.63, 3.8) is 0 Å². The van der Waals surface area contributed by atoms with Gasteiger partial charge in [-0.1, -0.05) is 32.9 Å². The van der Waals surface area contributed by atoms with Gasteiger partial charge in [0.2, 0.25) is 0 Å². The summed E-state index contributed by atoms with van der Waals surface area (Å²) < 4.78 is 36.6. The number of hydrogen-bond acceptors (Lipinski definition) is 0. The first kappa shape index (κ1) is 8.96. The Morgan fingerprint density at radius 1 is 1.36 bits per heavy atom. The van der Waals surface area contributed by atoms with E-state index in [4.69, 9.17) is 0 Å². The van der Waals surface area contributed by atoms with Crippen LogP contribution in [0.15, 0.2) is 21.8 Å². The topological polar surface area (TPSA) is 0 Å². The average molecular weight is 274 g/mol. The predicted molar refractivity (Wildman–Crippen MR) is 48.0 cm³/mol. The summed E-state index contributed by atoms with van der Waals surface area (Å²) in [6.45, 7) is 1.74. The normalized spacial score (nSPS) is 18.5. The predicted octanol–water partition coefficient (Wildman–Crippen LogP) is 3.17. The van der Waals surface area contributed by atoms with Crippen LogP contribution in [0.5, 0.6) is 0 Å². The molecule has 0 nitrogen and oxygen atoms in total. The van der Waals surface area contributed by atoms with Crippen LogP contribution in [0.1, 0.15) is 6.92 Å². The zero-order chi connectivity index (χ0) is 8.48. The van der Waals surface area contributed by atoms with Gasteiger partial charge in [-0.3, -0.25) is 0 Å². The summed E-state index contributed by atoms with van der Waals surface area (Å²) in [5.41, 5.74) is 0. The Hall–Kier alpha value is -0.130. The maximum absolute atomic E-state index is 12.0. The Labute approximate surface area is 72.5 Å². The van der Waals surface area contributed by atoms with Crippen LogP contribution in [0.25, 0.3) is 0 Å². The number of alkyl halides is 3. The van der Waals surface area contributed by atoms with Gasteiger partial charge in [0.05, 0.1) is 3.58 Å². The van der Waals surface area contributed by atoms with Crippen molar-refractivity contribution >= 4 is 24.2 Å². The highest BCUT2D eigenvalue weighted by molar-refractivity contribution is 14.2. The Morgan fingerprint density at radius 3 is 2.36 bits per heavy atom. The lowest BCUT2D eigenvalue weighted by Gasteiger charge is -2.08. The molecule has 0 aromatic rings. The van der Waals surface area contributed by atoms with Gasteiger partial charge >= 0.3 is 6.18 Å². The van der Waals surface area contributed by atoms with E-state index in [2.05, 4.69) is 0 Å². The van der Waals surface area contributed by atoms with E-state index in [9.17, 15) is 13.2 Å². The van der Waals surface area contributed by atoms with Gasteiger partial charge in [0.25, 0.3) is 0 Å². The van der Waals surface area contributed by atoms with E-state index in [1.165, 1.54) is 12.2 Å². The molecule has 62 valence electrons. The van der Waals surface area contributed by atoms with Crippen LogP contribution in [0.4, 0.5) is 13.2 Å². The molecule has 11 heavy (non-hydrogen) atoms. The van der Waals surface area contributed by atoms with Crippen LogP contribution < -0.4 is 0 Å². The lowest BCUT2D eigenvalue weighted by Crippen LogP contribution is -2.08. The van der Waals surface area contributed by atoms with Crippen LogP contribution in [0.2, 0.25) is 0 Å². The smallest absolute Gasteiger partial charge is 0.166 e. The maximum Gasteiger partial charge on any atom is 0.421 e. The number of rotatable bonds is 0. The molecule has 1 aliphatic rings. The van der Waals surface area contributed by atoms with Gasteiger partial charge in [-0.25, -0.2) is 0 Å². The molecular weight excluding hydrogens is 268 g/mol. The van der Waals surface area contributed by atoms with Gasteiger partial charge in [0, 0.05) is 0 Å². The van der Waals surface area contributed by atoms with Crippen molar-refractivity contribution in [2.45, 2.75) is 13.1 Å². The monoisotopic (exact) mass is 274 g/mol. The molecule has 1 aliphatic heterocycles. The fourth-order valence-corrected chi connectivity index (χ4v) is 2.63. The van der Waals surface area contributed by atoms with Crippen molar-refractivity contribution in [2.75, 3.05) is 0 Å². The zero-order valence-electron chi connectivity index (χ0n) is 5.74. The Balaban J connectivity index is 2.93. The summed E-state index contributed by atoms with van der Waals surface area (Å²) in [5.74, 6) is 0. The molecule has 0 radical (unpaired) electrons. The molecule has 0 spiro atoms. The molecule has 0 saturated carbocycles. The second-order valence-corrected chi connectivity index (χ2v) is 5.46. The molecule has 0 saturated heterocycles. The van der Waals surface area contributed by atoms with Gasteiger partial charge < -0.3 is 0 Å². The van der Waals surface area contributed by atoms with Crippen LogP contribution in [0, 0.1) is 0 Å². The summed E-state index contributed by atoms with van der Waals surface area (Å²) in [4.78, 5) is 0. The van der Waals surface area contributed by atoms with E-state index < -0.39 is 26.9 Å². The van der Waals surface area contributed by atoms with Crippen LogP contribution in [-0.2, 0) is 0 Å². The number of hydrogen-bond donors (Lipinski definition) is 0. The summed E-state index contributed by atoms with van der Waals surface area (Å²) in [6.07, 6.45) is 0.253. The minimum atomic E-state index is -4.11. The fourth-order valence-electron chi connectivity index (χ4n) is 0.637. The summed E-state index contributed by atoms with van der Waals surface area (Å²) in [5, 5.41) is 0. The first-order valence-electron chi connectivity index (χ1n) is 2.94. The molecule has 0 fully saturated rings. The van der Waals surface area contributed by atoms with Crippen molar-refractivity contribution in [3.8, 4) is 0 Å². The molecule has 1 heterocycles. The van der Waals surface area contributed by atoms with E-state index in [0.717, 1.165) is 3.51 Å². The first-order valence-corrected chi connectivity index (χ1v) is 5.10. The van der Waals surface area contributed by atoms with E-state index in [1.807, 2.05) is 0 Å². The fraction of sp³-hybridized carbons (Fsp3) is 0.286. The molecule has 0 bridgehead atoms. The Morgan fingerprint density at radius 2 is 2.00 bits per heavy atom. The molecular formula is C7H6F3I. The standard InChI is InChI=1S/C7H6F3I/c1-5-3-2-4-6(11-5)7(8,9)10/h2-4H,1H3. The van der Waals surface area contributed by atoms with Crippen molar-refractivity contribution in [1.82, 2.24) is 0 Å². The molecule has 4 heteroatoms. The second kappa shape index (κ2) is 3.08. The van der Waals surface area contributed by atoms with Crippen molar-refractivity contribution in [3.05, 3.63) is 21.8 Å². The highest BCUT2D eigenvalue weighted by Crippen LogP contribution is 2.36. The van der Waals surface area contributed by atoms with Crippen LogP contribution in [0.3, 0.4) is 0 Å². The van der Waals surface area contributed by atoms with Crippen molar-refractivity contribution < 1.29 is 13.2 Å². The Kier molecular flexibility index (Phi) is 2.51. The van der Waals surface area contributed by atoms with Crippen molar-refractivity contribution in [2.24, 2.45) is 0 Å². The minimum Gasteiger partial charge on any atom is -0.166 e. The van der Waals surface area contributed by atoms with Gasteiger partial charge in [-0.15, -0.1) is 0 Å². The Bertz CT molecular complexity index is 245. The molecule has 1 rings (SSSR count). The molecule has 0 aliphatic carbocycles. The SMILES string of the molecule is CC1=IC(C(F)(F)F)=CC=C1. The van der Waals surface area contributed by atoms with E-state index in [-0.39, 0.29) is 3.58 Å².